The molecular formula is C21H28F3N5O5. The number of carbonyl (C=O) groups excluding carboxylic acids is 1. The molecule has 3 heterocycles. The summed E-state index contributed by atoms with van der Waals surface area (Å²) in [6, 6.07) is 1.87. The molecule has 1 amide bonds. The maximum atomic E-state index is 12.4. The van der Waals surface area contributed by atoms with Crippen LogP contribution in [-0.4, -0.2) is 83.8 Å². The van der Waals surface area contributed by atoms with Gasteiger partial charge in [0.25, 0.3) is 5.91 Å². The summed E-state index contributed by atoms with van der Waals surface area (Å²) in [6.07, 6.45) is 1.24. The van der Waals surface area contributed by atoms with Crippen molar-refractivity contribution in [3.05, 3.63) is 30.4 Å². The molecule has 3 rings (SSSR count). The van der Waals surface area contributed by atoms with Gasteiger partial charge in [0.15, 0.2) is 0 Å². The van der Waals surface area contributed by atoms with Crippen LogP contribution in [0.5, 0.6) is 0 Å². The van der Waals surface area contributed by atoms with E-state index in [0.29, 0.717) is 44.6 Å². The van der Waals surface area contributed by atoms with Gasteiger partial charge in [0.05, 0.1) is 13.2 Å². The zero-order chi connectivity index (χ0) is 25.1. The van der Waals surface area contributed by atoms with Gasteiger partial charge in [-0.2, -0.15) is 13.2 Å². The molecule has 0 aromatic carbocycles. The molecule has 1 fully saturated rings. The Kier molecular flexibility index (Phi) is 10.3. The van der Waals surface area contributed by atoms with Crippen molar-refractivity contribution in [2.75, 3.05) is 51.0 Å². The number of carbonyl (C=O) groups is 2. The van der Waals surface area contributed by atoms with Crippen LogP contribution in [0.25, 0.3) is 11.1 Å². The average molecular weight is 487 g/mol. The first-order valence-electron chi connectivity index (χ1n) is 10.6. The minimum absolute atomic E-state index is 0.0916. The molecule has 0 radical (unpaired) electrons. The highest BCUT2D eigenvalue weighted by atomic mass is 19.4. The van der Waals surface area contributed by atoms with Crippen LogP contribution < -0.4 is 10.2 Å². The van der Waals surface area contributed by atoms with Gasteiger partial charge in [-0.05, 0) is 19.4 Å². The van der Waals surface area contributed by atoms with Gasteiger partial charge in [0.2, 0.25) is 5.95 Å². The summed E-state index contributed by atoms with van der Waals surface area (Å²) in [5.41, 5.74) is 2.42. The number of hydrogen-bond acceptors (Lipinski definition) is 7. The number of morpholine rings is 1. The zero-order valence-corrected chi connectivity index (χ0v) is 19.0. The third-order valence-corrected chi connectivity index (χ3v) is 4.70. The Morgan fingerprint density at radius 3 is 2.38 bits per heavy atom. The highest BCUT2D eigenvalue weighted by Gasteiger charge is 2.38. The minimum atomic E-state index is -5.08. The molecule has 2 N–H and O–H groups in total. The normalized spacial score (nSPS) is 13.7. The molecule has 0 spiro atoms. The van der Waals surface area contributed by atoms with Gasteiger partial charge in [-0.1, -0.05) is 0 Å². The first-order chi connectivity index (χ1) is 16.1. The van der Waals surface area contributed by atoms with Gasteiger partial charge >= 0.3 is 12.1 Å². The van der Waals surface area contributed by atoms with Gasteiger partial charge in [-0.25, -0.2) is 14.8 Å². The van der Waals surface area contributed by atoms with E-state index in [9.17, 15) is 18.0 Å². The Balaban J connectivity index is 0.000000509. The quantitative estimate of drug-likeness (QED) is 0.544. The van der Waals surface area contributed by atoms with Crippen LogP contribution in [0.1, 0.15) is 23.8 Å². The van der Waals surface area contributed by atoms with Crippen LogP contribution in [0.3, 0.4) is 0 Å². The highest BCUT2D eigenvalue weighted by Crippen LogP contribution is 2.22. The van der Waals surface area contributed by atoms with E-state index in [1.165, 1.54) is 0 Å². The smallest absolute Gasteiger partial charge is 0.475 e. The van der Waals surface area contributed by atoms with Gasteiger partial charge < -0.3 is 29.4 Å². The second-order valence-corrected chi connectivity index (χ2v) is 7.21. The molecule has 13 heteroatoms. The van der Waals surface area contributed by atoms with Gasteiger partial charge in [0.1, 0.15) is 5.69 Å². The molecule has 1 saturated heterocycles. The van der Waals surface area contributed by atoms with Crippen molar-refractivity contribution >= 4 is 17.8 Å². The number of amides is 1. The van der Waals surface area contributed by atoms with Gasteiger partial charge in [-0.3, -0.25) is 4.79 Å². The van der Waals surface area contributed by atoms with E-state index in [1.807, 2.05) is 30.8 Å². The summed E-state index contributed by atoms with van der Waals surface area (Å²) in [6.45, 7) is 6.91. The van der Waals surface area contributed by atoms with E-state index in [4.69, 9.17) is 19.4 Å². The fourth-order valence-corrected chi connectivity index (χ4v) is 2.96. The Morgan fingerprint density at radius 2 is 1.82 bits per heavy atom. The number of aryl methyl sites for hydroxylation is 1. The number of nitrogens with one attached hydrogen (secondary N) is 1. The van der Waals surface area contributed by atoms with E-state index < -0.39 is 12.1 Å². The number of carboxylic acid groups (broad SMARTS) is 1. The molecule has 188 valence electrons. The Hall–Kier alpha value is -3.19. The molecule has 1 aliphatic rings. The van der Waals surface area contributed by atoms with Crippen LogP contribution in [0.4, 0.5) is 19.1 Å². The van der Waals surface area contributed by atoms with Crippen LogP contribution in [0, 0.1) is 0 Å². The predicted octanol–water partition coefficient (Wildman–Crippen LogP) is 2.11. The van der Waals surface area contributed by atoms with E-state index in [-0.39, 0.29) is 5.91 Å². The van der Waals surface area contributed by atoms with Crippen molar-refractivity contribution in [3.63, 3.8) is 0 Å². The molecule has 0 saturated carbocycles. The third-order valence-electron chi connectivity index (χ3n) is 4.70. The molecule has 2 aromatic rings. The fraction of sp³-hybridized carbons (Fsp3) is 0.524. The molecule has 0 unspecified atom stereocenters. The predicted molar refractivity (Wildman–Crippen MR) is 117 cm³/mol. The minimum Gasteiger partial charge on any atom is -0.475 e. The standard InChI is InChI=1S/C19H27N5O3.C2HF3O2/c1-3-26-8-4-5-20-18(25)17-11-15(14-23(17)2)16-12-21-19(22-13-16)24-6-9-27-10-7-24;3-2(4,5)1(6)7/h11-14H,3-10H2,1-2H3,(H,20,25);(H,6,7). The summed E-state index contributed by atoms with van der Waals surface area (Å²) >= 11 is 0. The summed E-state index contributed by atoms with van der Waals surface area (Å²) in [5.74, 6) is -2.14. The second-order valence-electron chi connectivity index (χ2n) is 7.21. The molecule has 10 nitrogen and oxygen atoms in total. The lowest BCUT2D eigenvalue weighted by Gasteiger charge is -2.26. The van der Waals surface area contributed by atoms with Crippen molar-refractivity contribution in [1.29, 1.82) is 0 Å². The molecule has 34 heavy (non-hydrogen) atoms. The van der Waals surface area contributed by atoms with Crippen molar-refractivity contribution in [2.24, 2.45) is 7.05 Å². The number of anilines is 1. The zero-order valence-electron chi connectivity index (χ0n) is 19.0. The molecule has 0 bridgehead atoms. The molecule has 1 aliphatic heterocycles. The Morgan fingerprint density at radius 1 is 1.21 bits per heavy atom. The Bertz CT molecular complexity index is 928. The van der Waals surface area contributed by atoms with Crippen LogP contribution >= 0.6 is 0 Å². The van der Waals surface area contributed by atoms with E-state index >= 15 is 0 Å². The highest BCUT2D eigenvalue weighted by molar-refractivity contribution is 5.94. The number of alkyl halides is 3. The molecular weight excluding hydrogens is 459 g/mol. The maximum absolute atomic E-state index is 12.4. The SMILES string of the molecule is CCOCCCNC(=O)c1cc(-c2cnc(N3CCOCC3)nc2)cn1C.O=C(O)C(F)(F)F. The van der Waals surface area contributed by atoms with E-state index in [1.54, 1.807) is 12.4 Å². The first-order valence-corrected chi connectivity index (χ1v) is 10.6. The molecule has 2 aromatic heterocycles. The Labute approximate surface area is 194 Å². The summed E-state index contributed by atoms with van der Waals surface area (Å²) in [5, 5.41) is 10.1. The molecule has 0 aliphatic carbocycles. The number of aromatic nitrogens is 3. The fourth-order valence-electron chi connectivity index (χ4n) is 2.96. The van der Waals surface area contributed by atoms with Crippen LogP contribution in [0.2, 0.25) is 0 Å². The number of nitrogens with zero attached hydrogens (tertiary/aromatic N) is 4. The average Bonchev–Trinajstić information content (AvgIpc) is 3.21. The number of halogens is 3. The van der Waals surface area contributed by atoms with E-state index in [0.717, 1.165) is 30.6 Å². The lowest BCUT2D eigenvalue weighted by molar-refractivity contribution is -0.192. The first kappa shape index (κ1) is 27.1. The van der Waals surface area contributed by atoms with Crippen molar-refractivity contribution in [3.8, 4) is 11.1 Å². The summed E-state index contributed by atoms with van der Waals surface area (Å²) in [7, 11) is 1.86. The summed E-state index contributed by atoms with van der Waals surface area (Å²) in [4.78, 5) is 32.3. The maximum Gasteiger partial charge on any atom is 0.490 e. The van der Waals surface area contributed by atoms with Gasteiger partial charge in [-0.15, -0.1) is 0 Å². The van der Waals surface area contributed by atoms with Crippen molar-refractivity contribution < 1.29 is 37.3 Å². The number of hydrogen-bond donors (Lipinski definition) is 2. The summed E-state index contributed by atoms with van der Waals surface area (Å²) < 4.78 is 44.2. The third kappa shape index (κ3) is 8.30. The number of aliphatic carboxylic acids is 1. The lowest BCUT2D eigenvalue weighted by Crippen LogP contribution is -2.37. The van der Waals surface area contributed by atoms with Crippen LogP contribution in [-0.2, 0) is 21.3 Å². The lowest BCUT2D eigenvalue weighted by atomic mass is 10.2. The van der Waals surface area contributed by atoms with E-state index in [2.05, 4.69) is 20.2 Å². The monoisotopic (exact) mass is 487 g/mol. The number of ether oxygens (including phenoxy) is 2. The largest absolute Gasteiger partial charge is 0.490 e. The molecule has 0 atom stereocenters. The van der Waals surface area contributed by atoms with Crippen molar-refractivity contribution in [2.45, 2.75) is 19.5 Å². The van der Waals surface area contributed by atoms with Crippen LogP contribution in [0.15, 0.2) is 24.7 Å². The number of carboxylic acids is 1. The topological polar surface area (TPSA) is 119 Å². The second kappa shape index (κ2) is 12.9. The van der Waals surface area contributed by atoms with Crippen molar-refractivity contribution in [1.82, 2.24) is 19.9 Å². The number of rotatable bonds is 8. The van der Waals surface area contributed by atoms with Gasteiger partial charge in [0, 0.05) is 69.6 Å².